The van der Waals surface area contributed by atoms with Gasteiger partial charge in [-0.1, -0.05) is 31.2 Å². The summed E-state index contributed by atoms with van der Waals surface area (Å²) >= 11 is 6.03. The van der Waals surface area contributed by atoms with Gasteiger partial charge in [0.1, 0.15) is 24.1 Å². The number of hydrogen-bond donors (Lipinski definition) is 5. The number of nitrogens with two attached hydrogens (primary N) is 1. The van der Waals surface area contributed by atoms with Crippen molar-refractivity contribution in [2.24, 2.45) is 10.7 Å². The third-order valence-electron chi connectivity index (χ3n) is 6.51. The lowest BCUT2D eigenvalue weighted by molar-refractivity contribution is -0.132. The molecule has 0 aliphatic carbocycles. The minimum absolute atomic E-state index is 0. The number of aliphatic imine (C=N–C) groups is 1. The number of hydrogen-bond acceptors (Lipinski definition) is 7. The third kappa shape index (κ3) is 11.8. The smallest absolute Gasteiger partial charge is 0.412 e. The van der Waals surface area contributed by atoms with E-state index >= 15 is 0 Å². The molecule has 0 saturated heterocycles. The summed E-state index contributed by atoms with van der Waals surface area (Å²) in [6, 6.07) is 8.66. The molecule has 1 atom stereocenters. The molecule has 0 saturated carbocycles. The highest BCUT2D eigenvalue weighted by Crippen LogP contribution is 2.22. The number of aromatic nitrogens is 1. The van der Waals surface area contributed by atoms with Gasteiger partial charge < -0.3 is 25.8 Å². The molecule has 6 N–H and O–H groups in total. The van der Waals surface area contributed by atoms with Crippen molar-refractivity contribution >= 4 is 52.2 Å². The summed E-state index contributed by atoms with van der Waals surface area (Å²) in [6.07, 6.45) is 1.63. The molecule has 0 unspecified atom stereocenters. The van der Waals surface area contributed by atoms with Crippen LogP contribution in [0.5, 0.6) is 0 Å². The fourth-order valence-electron chi connectivity index (χ4n) is 4.19. The summed E-state index contributed by atoms with van der Waals surface area (Å²) in [6.45, 7) is -0.0380. The Morgan fingerprint density at radius 3 is 2.69 bits per heavy atom. The molecule has 0 aliphatic rings. The average Bonchev–Trinajstić information content (AvgIpc) is 2.99. The Labute approximate surface area is 265 Å². The summed E-state index contributed by atoms with van der Waals surface area (Å²) in [5.74, 6) is -1.06. The van der Waals surface area contributed by atoms with E-state index in [0.29, 0.717) is 29.2 Å². The maximum atomic E-state index is 13.8. The normalized spacial score (nSPS) is 11.7. The molecule has 0 aliphatic heterocycles. The quantitative estimate of drug-likeness (QED) is 0.105. The maximum absolute atomic E-state index is 13.8. The molecule has 45 heavy (non-hydrogen) atoms. The van der Waals surface area contributed by atoms with E-state index in [0.717, 1.165) is 0 Å². The van der Waals surface area contributed by atoms with E-state index in [1.54, 1.807) is 19.2 Å². The Morgan fingerprint density at radius 2 is 1.96 bits per heavy atom. The predicted molar refractivity (Wildman–Crippen MR) is 169 cm³/mol. The van der Waals surface area contributed by atoms with Crippen LogP contribution >= 0.6 is 11.6 Å². The fraction of sp³-hybridized carbons (Fsp3) is 0.367. The van der Waals surface area contributed by atoms with Crippen LogP contribution in [0.2, 0.25) is 5.02 Å². The topological polar surface area (TPSA) is 171 Å². The summed E-state index contributed by atoms with van der Waals surface area (Å²) in [7, 11) is 1.56. The zero-order chi connectivity index (χ0) is 32.1. The van der Waals surface area contributed by atoms with Gasteiger partial charge in [-0.05, 0) is 60.5 Å². The number of urea groups is 1. The summed E-state index contributed by atoms with van der Waals surface area (Å²) in [5, 5.41) is 17.8. The van der Waals surface area contributed by atoms with E-state index in [1.165, 1.54) is 41.4 Å². The standard InChI is InChI=1S/C29H34ClF2N7O5.CH4/c1-39(25(41)10-8-18-4-2-6-23(32)26(18)30)22(5-3-11-34-28(35-12-13-40)38-27(33)42)17-44-29(43)37-24-15-20-14-21(31)9-7-19(20)16-36-24;/h2,4,6-7,9,14-16,22,40H,3,5,8,10-13,17H2,1H3,(H,36,37,43)(H4,33,34,35,38,42);1H4/t22-;/m0./s1. The Kier molecular flexibility index (Phi) is 14.9. The monoisotopic (exact) mass is 649 g/mol. The Morgan fingerprint density at radius 1 is 1.18 bits per heavy atom. The van der Waals surface area contributed by atoms with E-state index in [1.807, 2.05) is 0 Å². The van der Waals surface area contributed by atoms with E-state index in [4.69, 9.17) is 27.2 Å². The summed E-state index contributed by atoms with van der Waals surface area (Å²) < 4.78 is 32.9. The van der Waals surface area contributed by atoms with Gasteiger partial charge in [0.15, 0.2) is 5.96 Å². The van der Waals surface area contributed by atoms with Gasteiger partial charge >= 0.3 is 12.1 Å². The molecule has 1 heterocycles. The van der Waals surface area contributed by atoms with Crippen LogP contribution in [0.1, 0.15) is 32.3 Å². The molecule has 3 aromatic rings. The van der Waals surface area contributed by atoms with Gasteiger partial charge in [0.05, 0.1) is 17.7 Å². The van der Waals surface area contributed by atoms with Gasteiger partial charge in [0, 0.05) is 38.1 Å². The highest BCUT2D eigenvalue weighted by molar-refractivity contribution is 6.31. The molecule has 4 amide bonds. The lowest BCUT2D eigenvalue weighted by Crippen LogP contribution is -2.44. The van der Waals surface area contributed by atoms with E-state index in [9.17, 15) is 23.2 Å². The number of fused-ring (bicyclic) bond motifs is 1. The first-order valence-electron chi connectivity index (χ1n) is 13.7. The molecule has 2 aromatic carbocycles. The lowest BCUT2D eigenvalue weighted by Gasteiger charge is -2.28. The molecule has 1 aromatic heterocycles. The lowest BCUT2D eigenvalue weighted by atomic mass is 10.1. The van der Waals surface area contributed by atoms with Crippen molar-refractivity contribution < 1.29 is 33.0 Å². The first-order valence-corrected chi connectivity index (χ1v) is 14.1. The molecular weight excluding hydrogens is 612 g/mol. The molecule has 3 rings (SSSR count). The van der Waals surface area contributed by atoms with Crippen LogP contribution < -0.4 is 21.7 Å². The highest BCUT2D eigenvalue weighted by atomic mass is 35.5. The second-order valence-electron chi connectivity index (χ2n) is 9.67. The summed E-state index contributed by atoms with van der Waals surface area (Å²) in [4.78, 5) is 46.7. The van der Waals surface area contributed by atoms with Crippen molar-refractivity contribution in [1.29, 1.82) is 0 Å². The van der Waals surface area contributed by atoms with E-state index < -0.39 is 29.8 Å². The van der Waals surface area contributed by atoms with E-state index in [2.05, 4.69) is 25.9 Å². The van der Waals surface area contributed by atoms with Crippen molar-refractivity contribution in [3.05, 3.63) is 70.9 Å². The molecule has 244 valence electrons. The Hall–Kier alpha value is -4.56. The fourth-order valence-corrected chi connectivity index (χ4v) is 4.41. The number of carbonyl (C=O) groups is 3. The number of amides is 4. The number of pyridine rings is 1. The highest BCUT2D eigenvalue weighted by Gasteiger charge is 2.22. The number of nitrogens with zero attached hydrogens (tertiary/aromatic N) is 3. The van der Waals surface area contributed by atoms with Gasteiger partial charge in [-0.15, -0.1) is 0 Å². The first-order chi connectivity index (χ1) is 21.1. The number of primary amides is 1. The first kappa shape index (κ1) is 36.6. The Bertz CT molecular complexity index is 1490. The SMILES string of the molecule is C.CN(C(=O)CCc1cccc(F)c1Cl)[C@@H](CCCN=C(NCCO)NC(N)=O)COC(=O)Nc1cc2cc(F)ccc2cn1. The van der Waals surface area contributed by atoms with Crippen LogP contribution in [0.3, 0.4) is 0 Å². The van der Waals surface area contributed by atoms with Crippen LogP contribution in [-0.2, 0) is 16.0 Å². The van der Waals surface area contributed by atoms with Gasteiger partial charge in [-0.3, -0.25) is 20.4 Å². The zero-order valence-corrected chi connectivity index (χ0v) is 24.7. The minimum atomic E-state index is -0.832. The number of halogens is 3. The van der Waals surface area contributed by atoms with Crippen LogP contribution in [0.15, 0.2) is 53.7 Å². The van der Waals surface area contributed by atoms with Crippen LogP contribution in [0, 0.1) is 11.6 Å². The van der Waals surface area contributed by atoms with Crippen LogP contribution in [0.25, 0.3) is 10.8 Å². The van der Waals surface area contributed by atoms with Crippen LogP contribution in [0.4, 0.5) is 24.2 Å². The number of nitrogens with one attached hydrogen (secondary N) is 3. The van der Waals surface area contributed by atoms with E-state index in [-0.39, 0.29) is 69.3 Å². The van der Waals surface area contributed by atoms with Gasteiger partial charge in [-0.25, -0.2) is 23.4 Å². The molecule has 0 radical (unpaired) electrons. The van der Waals surface area contributed by atoms with Crippen molar-refractivity contribution in [3.8, 4) is 0 Å². The number of ether oxygens (including phenoxy) is 1. The van der Waals surface area contributed by atoms with Gasteiger partial charge in [-0.2, -0.15) is 0 Å². The number of carbonyl (C=O) groups excluding carboxylic acids is 3. The van der Waals surface area contributed by atoms with Crippen molar-refractivity contribution in [3.63, 3.8) is 0 Å². The molecule has 0 fully saturated rings. The zero-order valence-electron chi connectivity index (χ0n) is 24.0. The largest absolute Gasteiger partial charge is 0.447 e. The van der Waals surface area contributed by atoms with Crippen molar-refractivity contribution in [2.45, 2.75) is 39.2 Å². The minimum Gasteiger partial charge on any atom is -0.447 e. The number of aliphatic hydroxyl groups excluding tert-OH is 1. The average molecular weight is 650 g/mol. The number of rotatable bonds is 13. The Balaban J connectivity index is 0.00000705. The second kappa shape index (κ2) is 18.3. The predicted octanol–water partition coefficient (Wildman–Crippen LogP) is 4.20. The van der Waals surface area contributed by atoms with Gasteiger partial charge in [0.25, 0.3) is 0 Å². The second-order valence-corrected chi connectivity index (χ2v) is 10.0. The maximum Gasteiger partial charge on any atom is 0.412 e. The molecular formula is C30H38ClF2N7O5. The van der Waals surface area contributed by atoms with Gasteiger partial charge in [0.2, 0.25) is 5.91 Å². The molecule has 0 spiro atoms. The number of likely N-dealkylation sites (N-methyl/N-ethyl adjacent to an activating group) is 1. The van der Waals surface area contributed by atoms with Crippen molar-refractivity contribution in [2.75, 3.05) is 38.7 Å². The molecule has 12 nitrogen and oxygen atoms in total. The third-order valence-corrected chi connectivity index (χ3v) is 6.94. The molecule has 15 heteroatoms. The number of aryl methyl sites for hydroxylation is 1. The number of benzene rings is 2. The van der Waals surface area contributed by atoms with Crippen LogP contribution in [-0.4, -0.2) is 78.4 Å². The number of anilines is 1. The number of guanidine groups is 1. The summed E-state index contributed by atoms with van der Waals surface area (Å²) in [5.41, 5.74) is 5.64. The molecule has 0 bridgehead atoms. The number of aliphatic hydroxyl groups is 1. The van der Waals surface area contributed by atoms with Crippen molar-refractivity contribution in [1.82, 2.24) is 20.5 Å².